The van der Waals surface area contributed by atoms with E-state index in [-0.39, 0.29) is 71.9 Å². The van der Waals surface area contributed by atoms with E-state index in [9.17, 15) is 4.79 Å². The normalized spacial score (nSPS) is 10.3. The molecule has 3 aromatic heterocycles. The zero-order valence-electron chi connectivity index (χ0n) is 45.0. The fraction of sp³-hybridized carbons (Fsp3) is 0.0556. The van der Waals surface area contributed by atoms with Gasteiger partial charge in [0.05, 0.1) is 22.8 Å². The number of aliphatic hydroxyl groups is 1. The van der Waals surface area contributed by atoms with Gasteiger partial charge in [0.15, 0.2) is 5.78 Å². The van der Waals surface area contributed by atoms with Crippen LogP contribution < -0.4 is 0 Å². The standard InChI is InChI=1S/C33H23N2.C17H14N.C17H12N.C5H8O2.3Ir/c1-5-13-25(14-6-1)29-23-30(26-15-7-2-8-16-26)32(31(24-29)27-17-9-3-10-18-27)35-22-21-34-33(35)28-19-11-4-12-20-28;1-12-4-3-5-15(10-12)16-9-8-14-7-6-13(2)11-17(14)18-16;1-3-7-14(8-4-1)16-11-12-17(18-13-16)15-9-5-2-6-10-15;1-4(6)3-5(2)7;;;/h1-19,21-24H;3-4,6-11H,1-2H3;1-9,11-13H;3,6H,1-2H3;;;/q3*-1;;;;. The van der Waals surface area contributed by atoms with Crippen molar-refractivity contribution in [2.24, 2.45) is 0 Å². The molecule has 0 spiro atoms. The molecule has 0 aliphatic heterocycles. The zero-order valence-corrected chi connectivity index (χ0v) is 52.2. The molecule has 0 atom stereocenters. The Balaban J connectivity index is 0.000000195. The molecule has 3 radical (unpaired) electrons. The molecule has 0 aliphatic rings. The number of aliphatic hydroxyl groups excluding tert-OH is 1. The van der Waals surface area contributed by atoms with Crippen molar-refractivity contribution in [1.82, 2.24) is 19.5 Å². The number of hydrogen-bond donors (Lipinski definition) is 1. The molecular formula is C72H57Ir3N4O2-3. The summed E-state index contributed by atoms with van der Waals surface area (Å²) in [5, 5.41) is 9.54. The van der Waals surface area contributed by atoms with E-state index in [0.29, 0.717) is 0 Å². The van der Waals surface area contributed by atoms with Crippen molar-refractivity contribution in [3.05, 3.63) is 302 Å². The first-order valence-corrected chi connectivity index (χ1v) is 25.7. The maximum atomic E-state index is 10.0. The average Bonchev–Trinajstić information content (AvgIpc) is 4.14. The van der Waals surface area contributed by atoms with Crippen LogP contribution in [0.2, 0.25) is 0 Å². The van der Waals surface area contributed by atoms with Gasteiger partial charge in [0.2, 0.25) is 0 Å². The summed E-state index contributed by atoms with van der Waals surface area (Å²) in [7, 11) is 0. The van der Waals surface area contributed by atoms with E-state index in [1.807, 2.05) is 91.4 Å². The molecule has 0 saturated carbocycles. The molecule has 3 heterocycles. The number of ketones is 1. The van der Waals surface area contributed by atoms with Crippen LogP contribution >= 0.6 is 0 Å². The predicted molar refractivity (Wildman–Crippen MR) is 321 cm³/mol. The molecule has 0 amide bonds. The Hall–Kier alpha value is -8.09. The van der Waals surface area contributed by atoms with Gasteiger partial charge >= 0.3 is 0 Å². The van der Waals surface area contributed by atoms with Gasteiger partial charge < -0.3 is 14.7 Å². The zero-order chi connectivity index (χ0) is 54.1. The number of carbonyl (C=O) groups excluding carboxylic acids is 1. The molecule has 9 heteroatoms. The molecule has 0 fully saturated rings. The summed E-state index contributed by atoms with van der Waals surface area (Å²) < 4.78 is 2.20. The molecule has 0 unspecified atom stereocenters. The fourth-order valence-corrected chi connectivity index (χ4v) is 8.89. The smallest absolute Gasteiger partial charge is 0.155 e. The minimum absolute atomic E-state index is 0. The van der Waals surface area contributed by atoms with Crippen LogP contribution in [0.4, 0.5) is 0 Å². The van der Waals surface area contributed by atoms with E-state index in [1.165, 1.54) is 53.1 Å². The molecule has 81 heavy (non-hydrogen) atoms. The second-order valence-corrected chi connectivity index (χ2v) is 18.6. The largest absolute Gasteiger partial charge is 0.512 e. The van der Waals surface area contributed by atoms with Crippen molar-refractivity contribution < 1.29 is 70.2 Å². The van der Waals surface area contributed by atoms with Crippen LogP contribution in [0.25, 0.3) is 95.0 Å². The number of aryl methyl sites for hydroxylation is 2. The van der Waals surface area contributed by atoms with Crippen LogP contribution in [-0.2, 0) is 65.1 Å². The fourth-order valence-electron chi connectivity index (χ4n) is 8.89. The van der Waals surface area contributed by atoms with Gasteiger partial charge in [-0.05, 0) is 94.7 Å². The first-order valence-electron chi connectivity index (χ1n) is 25.7. The molecule has 0 bridgehead atoms. The Kier molecular flexibility index (Phi) is 23.8. The number of rotatable bonds is 9. The number of hydrogen-bond acceptors (Lipinski definition) is 5. The average molecular weight is 1590 g/mol. The number of imidazole rings is 1. The van der Waals surface area contributed by atoms with Crippen molar-refractivity contribution in [2.45, 2.75) is 27.7 Å². The summed E-state index contributed by atoms with van der Waals surface area (Å²) in [6.45, 7) is 7.02. The van der Waals surface area contributed by atoms with E-state index in [4.69, 9.17) is 15.1 Å². The SMILES string of the molecule is CC(=O)C=C(C)O.Cc1cc[c-]c(-c2ccc3ccc(C)cc3n2)c1.[Ir].[Ir].[Ir].[c-]1ccccc1-c1ccc(-c2ccccc2)cn1.[c-]1ccccc1-c1nccn1-c1c(-c2ccccc2)cc(-c2ccccc2)cc1-c1ccccc1. The summed E-state index contributed by atoms with van der Waals surface area (Å²) >= 11 is 0. The summed E-state index contributed by atoms with van der Waals surface area (Å²) in [6.07, 6.45) is 6.99. The monoisotopic (exact) mass is 1590 g/mol. The Bertz CT molecular complexity index is 3780. The molecule has 6 nitrogen and oxygen atoms in total. The van der Waals surface area contributed by atoms with E-state index in [2.05, 4.69) is 211 Å². The molecule has 9 aromatic carbocycles. The minimum Gasteiger partial charge on any atom is -0.512 e. The summed E-state index contributed by atoms with van der Waals surface area (Å²) in [5.74, 6) is 0.805. The van der Waals surface area contributed by atoms with Crippen molar-refractivity contribution in [2.75, 3.05) is 0 Å². The number of carbonyl (C=O) groups is 1. The predicted octanol–water partition coefficient (Wildman–Crippen LogP) is 17.9. The third-order valence-electron chi connectivity index (χ3n) is 12.6. The van der Waals surface area contributed by atoms with E-state index in [0.717, 1.165) is 72.9 Å². The molecule has 407 valence electrons. The van der Waals surface area contributed by atoms with Crippen LogP contribution in [-0.4, -0.2) is 30.4 Å². The third kappa shape index (κ3) is 17.0. The molecule has 0 saturated heterocycles. The van der Waals surface area contributed by atoms with Gasteiger partial charge in [0, 0.05) is 96.1 Å². The van der Waals surface area contributed by atoms with Crippen molar-refractivity contribution >= 4 is 16.7 Å². The van der Waals surface area contributed by atoms with Crippen LogP contribution in [0.15, 0.2) is 273 Å². The minimum atomic E-state index is -0.125. The number of benzene rings is 9. The Morgan fingerprint density at radius 2 is 0.975 bits per heavy atom. The van der Waals surface area contributed by atoms with Gasteiger partial charge in [-0.3, -0.25) is 14.8 Å². The third-order valence-corrected chi connectivity index (χ3v) is 12.6. The first-order chi connectivity index (χ1) is 38.2. The van der Waals surface area contributed by atoms with Crippen molar-refractivity contribution in [3.63, 3.8) is 0 Å². The van der Waals surface area contributed by atoms with E-state index < -0.39 is 0 Å². The summed E-state index contributed by atoms with van der Waals surface area (Å²) in [4.78, 5) is 24.0. The molecule has 1 N–H and O–H groups in total. The van der Waals surface area contributed by atoms with E-state index in [1.54, 1.807) is 0 Å². The summed E-state index contributed by atoms with van der Waals surface area (Å²) in [5.41, 5.74) is 18.9. The van der Waals surface area contributed by atoms with Gasteiger partial charge in [-0.1, -0.05) is 165 Å². The number of fused-ring (bicyclic) bond motifs is 1. The van der Waals surface area contributed by atoms with Crippen molar-refractivity contribution in [3.8, 4) is 84.1 Å². The molecule has 12 aromatic rings. The number of nitrogens with zero attached hydrogens (tertiary/aromatic N) is 4. The van der Waals surface area contributed by atoms with Gasteiger partial charge in [0.25, 0.3) is 0 Å². The second-order valence-electron chi connectivity index (χ2n) is 18.6. The first kappa shape index (κ1) is 62.1. The van der Waals surface area contributed by atoms with Crippen LogP contribution in [0, 0.1) is 32.0 Å². The molecule has 12 rings (SSSR count). The van der Waals surface area contributed by atoms with Crippen LogP contribution in [0.5, 0.6) is 0 Å². The van der Waals surface area contributed by atoms with Crippen LogP contribution in [0.3, 0.4) is 0 Å². The van der Waals surface area contributed by atoms with Gasteiger partial charge in [-0.25, -0.2) is 0 Å². The molecular weight excluding hydrogens is 1530 g/mol. The second kappa shape index (κ2) is 31.0. The number of pyridine rings is 2. The van der Waals surface area contributed by atoms with Gasteiger partial charge in [-0.2, -0.15) is 0 Å². The Morgan fingerprint density at radius 1 is 0.469 bits per heavy atom. The maximum Gasteiger partial charge on any atom is 0.155 e. The Labute approximate surface area is 516 Å². The number of aromatic nitrogens is 4. The maximum absolute atomic E-state index is 10.0. The van der Waals surface area contributed by atoms with Gasteiger partial charge in [0.1, 0.15) is 0 Å². The van der Waals surface area contributed by atoms with Crippen molar-refractivity contribution in [1.29, 1.82) is 0 Å². The van der Waals surface area contributed by atoms with E-state index >= 15 is 0 Å². The quantitative estimate of drug-likeness (QED) is 0.0885. The Morgan fingerprint density at radius 3 is 1.48 bits per heavy atom. The molecule has 0 aliphatic carbocycles. The summed E-state index contributed by atoms with van der Waals surface area (Å²) in [6, 6.07) is 93.1. The van der Waals surface area contributed by atoms with Crippen LogP contribution in [0.1, 0.15) is 25.0 Å². The number of allylic oxidation sites excluding steroid dienone is 2. The van der Waals surface area contributed by atoms with Gasteiger partial charge in [-0.15, -0.1) is 107 Å². The topological polar surface area (TPSA) is 80.9 Å².